The summed E-state index contributed by atoms with van der Waals surface area (Å²) in [7, 11) is 0. The Kier molecular flexibility index (Phi) is 9.53. The summed E-state index contributed by atoms with van der Waals surface area (Å²) in [5.41, 5.74) is 2.24. The van der Waals surface area contributed by atoms with Gasteiger partial charge in [-0.1, -0.05) is 19.9 Å². The number of nitrogens with zero attached hydrogens (tertiary/aromatic N) is 1. The van der Waals surface area contributed by atoms with Gasteiger partial charge in [0.05, 0.1) is 0 Å². The first kappa shape index (κ1) is 24.5. The minimum atomic E-state index is -4.39. The summed E-state index contributed by atoms with van der Waals surface area (Å²) < 4.78 is 45.4. The van der Waals surface area contributed by atoms with Gasteiger partial charge in [0.2, 0.25) is 0 Å². The summed E-state index contributed by atoms with van der Waals surface area (Å²) in [5.74, 6) is 0.345. The lowest BCUT2D eigenvalue weighted by molar-refractivity contribution is -0.184. The Morgan fingerprint density at radius 1 is 1.29 bits per heavy atom. The number of hydrogen-bond acceptors (Lipinski definition) is 4. The van der Waals surface area contributed by atoms with Crippen molar-refractivity contribution in [1.82, 2.24) is 15.5 Å². The highest BCUT2D eigenvalue weighted by Crippen LogP contribution is 2.25. The number of rotatable bonds is 7. The second-order valence-electron chi connectivity index (χ2n) is 7.11. The fraction of sp³-hybridized carbons (Fsp3) is 0.632. The SMILES string of the molecule is Cc1cc(OCC(=O)NCC(N2CCNCC2)C(F)(F)F)ccc1C(C)C.Cl. The molecule has 1 amide bonds. The Morgan fingerprint density at radius 3 is 2.46 bits per heavy atom. The number of alkyl halides is 3. The summed E-state index contributed by atoms with van der Waals surface area (Å²) in [6.07, 6.45) is -4.39. The number of hydrogen-bond donors (Lipinski definition) is 2. The van der Waals surface area contributed by atoms with Crippen LogP contribution >= 0.6 is 12.4 Å². The molecule has 2 rings (SSSR count). The molecule has 0 bridgehead atoms. The van der Waals surface area contributed by atoms with Crippen molar-refractivity contribution >= 4 is 18.3 Å². The number of amides is 1. The minimum absolute atomic E-state index is 0. The van der Waals surface area contributed by atoms with Gasteiger partial charge in [-0.15, -0.1) is 12.4 Å². The molecule has 1 aromatic carbocycles. The number of carbonyl (C=O) groups is 1. The van der Waals surface area contributed by atoms with Crippen molar-refractivity contribution in [2.24, 2.45) is 0 Å². The average molecular weight is 424 g/mol. The average Bonchev–Trinajstić information content (AvgIpc) is 2.59. The van der Waals surface area contributed by atoms with Gasteiger partial charge in [-0.25, -0.2) is 0 Å². The fourth-order valence-corrected chi connectivity index (χ4v) is 3.24. The molecule has 0 radical (unpaired) electrons. The second-order valence-corrected chi connectivity index (χ2v) is 7.11. The minimum Gasteiger partial charge on any atom is -0.484 e. The van der Waals surface area contributed by atoms with E-state index in [1.165, 1.54) is 10.5 Å². The number of benzene rings is 1. The van der Waals surface area contributed by atoms with Gasteiger partial charge < -0.3 is 15.4 Å². The molecule has 28 heavy (non-hydrogen) atoms. The van der Waals surface area contributed by atoms with Crippen LogP contribution in [-0.4, -0.2) is 62.4 Å². The summed E-state index contributed by atoms with van der Waals surface area (Å²) in [5, 5.41) is 5.38. The van der Waals surface area contributed by atoms with E-state index in [-0.39, 0.29) is 19.0 Å². The molecule has 1 fully saturated rings. The van der Waals surface area contributed by atoms with E-state index < -0.39 is 24.7 Å². The van der Waals surface area contributed by atoms with Gasteiger partial charge in [0, 0.05) is 32.7 Å². The smallest absolute Gasteiger partial charge is 0.405 e. The predicted octanol–water partition coefficient (Wildman–Crippen LogP) is 2.87. The molecule has 1 unspecified atom stereocenters. The van der Waals surface area contributed by atoms with Crippen LogP contribution in [0.4, 0.5) is 13.2 Å². The topological polar surface area (TPSA) is 53.6 Å². The lowest BCUT2D eigenvalue weighted by Crippen LogP contribution is -2.57. The molecular weight excluding hydrogens is 395 g/mol. The largest absolute Gasteiger partial charge is 0.484 e. The fourth-order valence-electron chi connectivity index (χ4n) is 3.24. The van der Waals surface area contributed by atoms with Gasteiger partial charge in [0.25, 0.3) is 5.91 Å². The van der Waals surface area contributed by atoms with Gasteiger partial charge >= 0.3 is 6.18 Å². The first-order valence-corrected chi connectivity index (χ1v) is 9.20. The van der Waals surface area contributed by atoms with Crippen molar-refractivity contribution in [1.29, 1.82) is 0 Å². The van der Waals surface area contributed by atoms with Crippen molar-refractivity contribution in [3.63, 3.8) is 0 Å². The highest BCUT2D eigenvalue weighted by Gasteiger charge is 2.43. The van der Waals surface area contributed by atoms with Crippen LogP contribution in [0, 0.1) is 6.92 Å². The highest BCUT2D eigenvalue weighted by molar-refractivity contribution is 5.85. The number of nitrogens with one attached hydrogen (secondary N) is 2. The van der Waals surface area contributed by atoms with Crippen molar-refractivity contribution in [2.45, 2.75) is 38.9 Å². The molecular formula is C19H29ClF3N3O2. The number of halogens is 4. The molecule has 1 atom stereocenters. The van der Waals surface area contributed by atoms with Crippen LogP contribution in [0.3, 0.4) is 0 Å². The maximum Gasteiger partial charge on any atom is 0.405 e. The lowest BCUT2D eigenvalue weighted by atomic mass is 9.98. The zero-order valence-corrected chi connectivity index (χ0v) is 17.3. The van der Waals surface area contributed by atoms with Crippen molar-refractivity contribution in [2.75, 3.05) is 39.3 Å². The van der Waals surface area contributed by atoms with E-state index in [9.17, 15) is 18.0 Å². The molecule has 9 heteroatoms. The third kappa shape index (κ3) is 7.14. The van der Waals surface area contributed by atoms with E-state index in [0.29, 0.717) is 37.8 Å². The second kappa shape index (κ2) is 10.9. The van der Waals surface area contributed by atoms with Crippen LogP contribution < -0.4 is 15.4 Å². The van der Waals surface area contributed by atoms with Gasteiger partial charge in [0.1, 0.15) is 11.8 Å². The first-order valence-electron chi connectivity index (χ1n) is 9.20. The molecule has 0 aromatic heterocycles. The van der Waals surface area contributed by atoms with E-state index in [0.717, 1.165) is 5.56 Å². The predicted molar refractivity (Wildman–Crippen MR) is 105 cm³/mol. The van der Waals surface area contributed by atoms with Crippen molar-refractivity contribution in [3.05, 3.63) is 29.3 Å². The molecule has 1 aromatic rings. The monoisotopic (exact) mass is 423 g/mol. The summed E-state index contributed by atoms with van der Waals surface area (Å²) in [6, 6.07) is 3.87. The van der Waals surface area contributed by atoms with Gasteiger partial charge in [-0.2, -0.15) is 13.2 Å². The normalized spacial score (nSPS) is 16.4. The Balaban J connectivity index is 0.00000392. The zero-order chi connectivity index (χ0) is 20.0. The quantitative estimate of drug-likeness (QED) is 0.708. The van der Waals surface area contributed by atoms with E-state index >= 15 is 0 Å². The standard InChI is InChI=1S/C19H28F3N3O2.ClH/c1-13(2)16-5-4-15(10-14(16)3)27-12-18(26)24-11-17(19(20,21)22)25-8-6-23-7-9-25;/h4-5,10,13,17,23H,6-9,11-12H2,1-3H3,(H,24,26);1H. The van der Waals surface area contributed by atoms with E-state index in [1.54, 1.807) is 6.07 Å². The van der Waals surface area contributed by atoms with Crippen LogP contribution in [0.25, 0.3) is 0 Å². The lowest BCUT2D eigenvalue weighted by Gasteiger charge is -2.35. The first-order chi connectivity index (χ1) is 12.7. The van der Waals surface area contributed by atoms with E-state index in [1.807, 2.05) is 19.1 Å². The maximum absolute atomic E-state index is 13.3. The number of carbonyl (C=O) groups excluding carboxylic acids is 1. The zero-order valence-electron chi connectivity index (χ0n) is 16.4. The Labute approximate surface area is 170 Å². The molecule has 1 heterocycles. The van der Waals surface area contributed by atoms with Crippen LogP contribution in [0.1, 0.15) is 30.9 Å². The Morgan fingerprint density at radius 2 is 1.93 bits per heavy atom. The summed E-state index contributed by atoms with van der Waals surface area (Å²) in [4.78, 5) is 13.3. The maximum atomic E-state index is 13.3. The third-order valence-corrected chi connectivity index (χ3v) is 4.70. The van der Waals surface area contributed by atoms with E-state index in [4.69, 9.17) is 4.74 Å². The molecule has 0 aliphatic carbocycles. The van der Waals surface area contributed by atoms with Gasteiger partial charge in [-0.3, -0.25) is 9.69 Å². The molecule has 1 aliphatic heterocycles. The van der Waals surface area contributed by atoms with Crippen LogP contribution in [0.15, 0.2) is 18.2 Å². The van der Waals surface area contributed by atoms with E-state index in [2.05, 4.69) is 24.5 Å². The van der Waals surface area contributed by atoms with Crippen LogP contribution in [0.2, 0.25) is 0 Å². The summed E-state index contributed by atoms with van der Waals surface area (Å²) >= 11 is 0. The molecule has 0 spiro atoms. The van der Waals surface area contributed by atoms with Crippen LogP contribution in [-0.2, 0) is 4.79 Å². The van der Waals surface area contributed by atoms with Crippen molar-refractivity contribution < 1.29 is 22.7 Å². The molecule has 5 nitrogen and oxygen atoms in total. The third-order valence-electron chi connectivity index (χ3n) is 4.70. The molecule has 2 N–H and O–H groups in total. The Bertz CT molecular complexity index is 635. The highest BCUT2D eigenvalue weighted by atomic mass is 35.5. The van der Waals surface area contributed by atoms with Crippen molar-refractivity contribution in [3.8, 4) is 5.75 Å². The summed E-state index contributed by atoms with van der Waals surface area (Å²) in [6.45, 7) is 6.98. The molecule has 160 valence electrons. The number of aryl methyl sites for hydroxylation is 1. The van der Waals surface area contributed by atoms with Gasteiger partial charge in [-0.05, 0) is 36.1 Å². The molecule has 1 saturated heterocycles. The van der Waals surface area contributed by atoms with Crippen LogP contribution in [0.5, 0.6) is 5.75 Å². The Hall–Kier alpha value is -1.51. The number of ether oxygens (including phenoxy) is 1. The van der Waals surface area contributed by atoms with Gasteiger partial charge in [0.15, 0.2) is 6.61 Å². The number of piperazine rings is 1. The molecule has 0 saturated carbocycles. The molecule has 1 aliphatic rings.